The van der Waals surface area contributed by atoms with Gasteiger partial charge in [-0.25, -0.2) is 8.78 Å². The van der Waals surface area contributed by atoms with Gasteiger partial charge in [0.1, 0.15) is 17.3 Å². The van der Waals surface area contributed by atoms with Gasteiger partial charge in [-0.3, -0.25) is 4.79 Å². The van der Waals surface area contributed by atoms with Crippen molar-refractivity contribution in [2.45, 2.75) is 25.3 Å². The molecule has 0 bridgehead atoms. The quantitative estimate of drug-likeness (QED) is 0.926. The number of aryl methyl sites for hydroxylation is 1. The average Bonchev–Trinajstić information content (AvgIpc) is 3.08. The molecule has 0 saturated heterocycles. The Morgan fingerprint density at radius 3 is 2.67 bits per heavy atom. The third-order valence-corrected chi connectivity index (χ3v) is 4.07. The minimum absolute atomic E-state index is 0.0732. The van der Waals surface area contributed by atoms with Gasteiger partial charge in [-0.05, 0) is 37.1 Å². The van der Waals surface area contributed by atoms with Crippen molar-refractivity contribution in [2.24, 2.45) is 7.05 Å². The molecule has 110 valence electrons. The van der Waals surface area contributed by atoms with Gasteiger partial charge in [0.25, 0.3) is 5.91 Å². The topological polar surface area (TPSA) is 34.0 Å². The summed E-state index contributed by atoms with van der Waals surface area (Å²) >= 11 is 0. The third kappa shape index (κ3) is 2.55. The Hall–Kier alpha value is -2.17. The molecular formula is C16H16F2N2O. The van der Waals surface area contributed by atoms with Gasteiger partial charge in [0.15, 0.2) is 0 Å². The maximum absolute atomic E-state index is 13.7. The van der Waals surface area contributed by atoms with Crippen LogP contribution >= 0.6 is 0 Å². The number of rotatable bonds is 3. The first-order chi connectivity index (χ1) is 9.97. The van der Waals surface area contributed by atoms with E-state index in [0.717, 1.165) is 11.8 Å². The summed E-state index contributed by atoms with van der Waals surface area (Å²) in [5, 5.41) is 2.89. The molecule has 0 spiro atoms. The second kappa shape index (κ2) is 4.98. The lowest BCUT2D eigenvalue weighted by Crippen LogP contribution is -2.28. The van der Waals surface area contributed by atoms with Gasteiger partial charge in [0, 0.05) is 30.8 Å². The monoisotopic (exact) mass is 290 g/mol. The standard InChI is InChI=1S/C16H16F2N2O/c1-9-3-6-15(20(9)2)16(21)19-14-8-12(14)11-5-4-10(17)7-13(11)18/h3-7,12,14H,8H2,1-2H3,(H,19,21)/t12-,14-/m0/s1. The van der Waals surface area contributed by atoms with Crippen LogP contribution in [0.1, 0.15) is 34.1 Å². The summed E-state index contributed by atoms with van der Waals surface area (Å²) in [6.07, 6.45) is 0.678. The van der Waals surface area contributed by atoms with Crippen LogP contribution in [0, 0.1) is 18.6 Å². The van der Waals surface area contributed by atoms with Crippen molar-refractivity contribution < 1.29 is 13.6 Å². The van der Waals surface area contributed by atoms with Crippen LogP contribution in [0.5, 0.6) is 0 Å². The van der Waals surface area contributed by atoms with Crippen LogP contribution in [0.25, 0.3) is 0 Å². The molecule has 1 N–H and O–H groups in total. The summed E-state index contributed by atoms with van der Waals surface area (Å²) in [5.41, 5.74) is 2.04. The summed E-state index contributed by atoms with van der Waals surface area (Å²) in [5.74, 6) is -1.38. The molecule has 0 aliphatic heterocycles. The van der Waals surface area contributed by atoms with Crippen molar-refractivity contribution in [3.63, 3.8) is 0 Å². The molecule has 1 fully saturated rings. The fourth-order valence-corrected chi connectivity index (χ4v) is 2.58. The van der Waals surface area contributed by atoms with E-state index < -0.39 is 11.6 Å². The highest BCUT2D eigenvalue weighted by molar-refractivity contribution is 5.93. The van der Waals surface area contributed by atoms with E-state index in [1.54, 1.807) is 6.07 Å². The smallest absolute Gasteiger partial charge is 0.268 e. The zero-order valence-electron chi connectivity index (χ0n) is 11.9. The van der Waals surface area contributed by atoms with Crippen molar-refractivity contribution in [2.75, 3.05) is 0 Å². The number of nitrogens with zero attached hydrogens (tertiary/aromatic N) is 1. The number of carbonyl (C=O) groups excluding carboxylic acids is 1. The van der Waals surface area contributed by atoms with Gasteiger partial charge in [-0.1, -0.05) is 6.07 Å². The van der Waals surface area contributed by atoms with Crippen LogP contribution < -0.4 is 5.32 Å². The number of halogens is 2. The number of aromatic nitrogens is 1. The first kappa shape index (κ1) is 13.8. The van der Waals surface area contributed by atoms with Gasteiger partial charge in [0.2, 0.25) is 0 Å². The van der Waals surface area contributed by atoms with Crippen LogP contribution in [-0.2, 0) is 7.05 Å². The van der Waals surface area contributed by atoms with E-state index in [1.807, 2.05) is 24.6 Å². The molecule has 3 nitrogen and oxygen atoms in total. The minimum atomic E-state index is -0.586. The molecule has 3 rings (SSSR count). The van der Waals surface area contributed by atoms with E-state index in [-0.39, 0.29) is 17.9 Å². The summed E-state index contributed by atoms with van der Waals surface area (Å²) in [7, 11) is 1.83. The van der Waals surface area contributed by atoms with Crippen LogP contribution in [0.2, 0.25) is 0 Å². The SMILES string of the molecule is Cc1ccc(C(=O)N[C@H]2C[C@H]2c2ccc(F)cc2F)n1C. The Balaban J connectivity index is 1.69. The van der Waals surface area contributed by atoms with Crippen molar-refractivity contribution in [1.29, 1.82) is 0 Å². The zero-order valence-corrected chi connectivity index (χ0v) is 11.9. The van der Waals surface area contributed by atoms with Gasteiger partial charge in [0.05, 0.1) is 0 Å². The Labute approximate surface area is 121 Å². The van der Waals surface area contributed by atoms with Gasteiger partial charge in [-0.2, -0.15) is 0 Å². The lowest BCUT2D eigenvalue weighted by molar-refractivity contribution is 0.0942. The number of nitrogens with one attached hydrogen (secondary N) is 1. The highest BCUT2D eigenvalue weighted by Crippen LogP contribution is 2.42. The van der Waals surface area contributed by atoms with Crippen molar-refractivity contribution in [3.05, 3.63) is 58.9 Å². The molecule has 1 aromatic carbocycles. The Morgan fingerprint density at radius 1 is 1.29 bits per heavy atom. The fraction of sp³-hybridized carbons (Fsp3) is 0.312. The summed E-state index contributed by atoms with van der Waals surface area (Å²) in [6, 6.07) is 7.13. The number of hydrogen-bond donors (Lipinski definition) is 1. The van der Waals surface area contributed by atoms with E-state index >= 15 is 0 Å². The second-order valence-corrected chi connectivity index (χ2v) is 5.51. The molecule has 1 aromatic heterocycles. The van der Waals surface area contributed by atoms with E-state index in [4.69, 9.17) is 0 Å². The first-order valence-electron chi connectivity index (χ1n) is 6.85. The molecule has 1 aliphatic rings. The minimum Gasteiger partial charge on any atom is -0.347 e. The molecule has 0 radical (unpaired) electrons. The predicted octanol–water partition coefficient (Wildman–Crippen LogP) is 2.90. The second-order valence-electron chi connectivity index (χ2n) is 5.51. The van der Waals surface area contributed by atoms with Crippen LogP contribution in [0.4, 0.5) is 8.78 Å². The van der Waals surface area contributed by atoms with Gasteiger partial charge >= 0.3 is 0 Å². The molecular weight excluding hydrogens is 274 g/mol. The van der Waals surface area contributed by atoms with E-state index in [9.17, 15) is 13.6 Å². The lowest BCUT2D eigenvalue weighted by atomic mass is 10.1. The molecule has 0 unspecified atom stereocenters. The zero-order chi connectivity index (χ0) is 15.1. The molecule has 2 aromatic rings. The molecule has 2 atom stereocenters. The summed E-state index contributed by atoms with van der Waals surface area (Å²) in [6.45, 7) is 1.92. The van der Waals surface area contributed by atoms with Crippen molar-refractivity contribution in [3.8, 4) is 0 Å². The van der Waals surface area contributed by atoms with Crippen molar-refractivity contribution in [1.82, 2.24) is 9.88 Å². The van der Waals surface area contributed by atoms with Crippen LogP contribution in [0.15, 0.2) is 30.3 Å². The maximum atomic E-state index is 13.7. The highest BCUT2D eigenvalue weighted by Gasteiger charge is 2.41. The number of hydrogen-bond acceptors (Lipinski definition) is 1. The summed E-state index contributed by atoms with van der Waals surface area (Å²) < 4.78 is 28.4. The van der Waals surface area contributed by atoms with Gasteiger partial charge in [-0.15, -0.1) is 0 Å². The largest absolute Gasteiger partial charge is 0.347 e. The Bertz CT molecular complexity index is 708. The average molecular weight is 290 g/mol. The molecule has 1 aliphatic carbocycles. The lowest BCUT2D eigenvalue weighted by Gasteiger charge is -2.07. The molecule has 1 amide bonds. The molecule has 1 saturated carbocycles. The molecule has 5 heteroatoms. The van der Waals surface area contributed by atoms with Crippen molar-refractivity contribution >= 4 is 5.91 Å². The number of benzene rings is 1. The van der Waals surface area contributed by atoms with Gasteiger partial charge < -0.3 is 9.88 Å². The number of amides is 1. The molecule has 21 heavy (non-hydrogen) atoms. The third-order valence-electron chi connectivity index (χ3n) is 4.07. The van der Waals surface area contributed by atoms with E-state index in [2.05, 4.69) is 5.32 Å². The maximum Gasteiger partial charge on any atom is 0.268 e. The fourth-order valence-electron chi connectivity index (χ4n) is 2.58. The Kier molecular flexibility index (Phi) is 3.27. The number of carbonyl (C=O) groups is 1. The first-order valence-corrected chi connectivity index (χ1v) is 6.85. The van der Waals surface area contributed by atoms with Crippen LogP contribution in [-0.4, -0.2) is 16.5 Å². The predicted molar refractivity (Wildman–Crippen MR) is 75.1 cm³/mol. The van der Waals surface area contributed by atoms with Crippen LogP contribution in [0.3, 0.4) is 0 Å². The van der Waals surface area contributed by atoms with E-state index in [1.165, 1.54) is 12.1 Å². The normalized spacial score (nSPS) is 20.4. The molecule has 1 heterocycles. The highest BCUT2D eigenvalue weighted by atomic mass is 19.1. The Morgan fingerprint density at radius 2 is 2.05 bits per heavy atom. The van der Waals surface area contributed by atoms with E-state index in [0.29, 0.717) is 17.7 Å². The summed E-state index contributed by atoms with van der Waals surface area (Å²) in [4.78, 5) is 12.2.